The van der Waals surface area contributed by atoms with Crippen LogP contribution in [-0.4, -0.2) is 71.6 Å². The van der Waals surface area contributed by atoms with Gasteiger partial charge < -0.3 is 19.6 Å². The number of amides is 2. The summed E-state index contributed by atoms with van der Waals surface area (Å²) in [7, 11) is 0. The minimum Gasteiger partial charge on any atom is -0.481 e. The zero-order chi connectivity index (χ0) is 17.9. The third-order valence-corrected chi connectivity index (χ3v) is 4.08. The number of aliphatic carboxylic acids is 1. The molecule has 2 amide bonds. The van der Waals surface area contributed by atoms with E-state index in [1.165, 1.54) is 0 Å². The van der Waals surface area contributed by atoms with Crippen LogP contribution in [0.3, 0.4) is 0 Å². The predicted octanol–water partition coefficient (Wildman–Crippen LogP) is 1.51. The first-order valence-electron chi connectivity index (χ1n) is 8.86. The van der Waals surface area contributed by atoms with Crippen LogP contribution in [0.4, 0.5) is 0 Å². The van der Waals surface area contributed by atoms with Crippen molar-refractivity contribution in [2.75, 3.05) is 32.8 Å². The molecule has 1 saturated heterocycles. The fraction of sp³-hybridized carbons (Fsp3) is 0.824. The molecule has 1 unspecified atom stereocenters. The Hall–Kier alpha value is -1.63. The van der Waals surface area contributed by atoms with E-state index >= 15 is 0 Å². The molecule has 0 aromatic heterocycles. The van der Waals surface area contributed by atoms with E-state index in [0.29, 0.717) is 26.0 Å². The Morgan fingerprint density at radius 2 is 1.83 bits per heavy atom. The molecule has 1 fully saturated rings. The van der Waals surface area contributed by atoms with Crippen molar-refractivity contribution in [1.82, 2.24) is 9.80 Å². The van der Waals surface area contributed by atoms with Gasteiger partial charge in [-0.1, -0.05) is 13.8 Å². The quantitative estimate of drug-likeness (QED) is 0.650. The highest BCUT2D eigenvalue weighted by Crippen LogP contribution is 2.14. The van der Waals surface area contributed by atoms with Crippen molar-refractivity contribution in [2.45, 2.75) is 58.4 Å². The van der Waals surface area contributed by atoms with Crippen molar-refractivity contribution in [3.63, 3.8) is 0 Å². The van der Waals surface area contributed by atoms with Crippen LogP contribution >= 0.6 is 0 Å². The molecular weight excluding hydrogens is 312 g/mol. The second-order valence-electron chi connectivity index (χ2n) is 6.15. The molecule has 0 aliphatic carbocycles. The van der Waals surface area contributed by atoms with Crippen molar-refractivity contribution in [3.05, 3.63) is 0 Å². The fourth-order valence-electron chi connectivity index (χ4n) is 2.95. The zero-order valence-electron chi connectivity index (χ0n) is 14.8. The molecule has 0 spiro atoms. The molecule has 0 saturated carbocycles. The number of morpholine rings is 1. The van der Waals surface area contributed by atoms with Gasteiger partial charge in [-0.3, -0.25) is 14.4 Å². The van der Waals surface area contributed by atoms with E-state index in [9.17, 15) is 14.4 Å². The molecule has 7 heteroatoms. The summed E-state index contributed by atoms with van der Waals surface area (Å²) in [5, 5.41) is 8.93. The van der Waals surface area contributed by atoms with Gasteiger partial charge in [0, 0.05) is 32.5 Å². The smallest absolute Gasteiger partial charge is 0.305 e. The van der Waals surface area contributed by atoms with Gasteiger partial charge in [-0.2, -0.15) is 0 Å². The highest BCUT2D eigenvalue weighted by Gasteiger charge is 2.28. The lowest BCUT2D eigenvalue weighted by Crippen LogP contribution is -2.49. The summed E-state index contributed by atoms with van der Waals surface area (Å²) in [6.07, 6.45) is 2.88. The highest BCUT2D eigenvalue weighted by molar-refractivity contribution is 5.80. The Balaban J connectivity index is 2.43. The fourth-order valence-corrected chi connectivity index (χ4v) is 2.95. The van der Waals surface area contributed by atoms with E-state index < -0.39 is 12.0 Å². The molecule has 1 aliphatic heterocycles. The third-order valence-electron chi connectivity index (χ3n) is 4.08. The number of carboxylic acid groups (broad SMARTS) is 1. The molecule has 138 valence electrons. The van der Waals surface area contributed by atoms with Gasteiger partial charge in [0.05, 0.1) is 25.7 Å². The van der Waals surface area contributed by atoms with Crippen LogP contribution in [-0.2, 0) is 19.1 Å². The second kappa shape index (κ2) is 11.0. The summed E-state index contributed by atoms with van der Waals surface area (Å²) < 4.78 is 5.27. The lowest BCUT2D eigenvalue weighted by atomic mass is 10.1. The standard InChI is InChI=1S/C17H30N2O5/c1-3-8-18(9-4-2)15(20)6-5-7-16(21)19-10-11-24-13-14(19)12-17(22)23/h14H,3-13H2,1-2H3,(H,22,23). The lowest BCUT2D eigenvalue weighted by Gasteiger charge is -2.35. The molecule has 24 heavy (non-hydrogen) atoms. The summed E-state index contributed by atoms with van der Waals surface area (Å²) in [4.78, 5) is 38.9. The van der Waals surface area contributed by atoms with Crippen LogP contribution in [0.2, 0.25) is 0 Å². The molecule has 0 radical (unpaired) electrons. The van der Waals surface area contributed by atoms with Crippen molar-refractivity contribution >= 4 is 17.8 Å². The van der Waals surface area contributed by atoms with Crippen LogP contribution in [0, 0.1) is 0 Å². The van der Waals surface area contributed by atoms with Crippen molar-refractivity contribution in [3.8, 4) is 0 Å². The zero-order valence-corrected chi connectivity index (χ0v) is 14.8. The van der Waals surface area contributed by atoms with Crippen molar-refractivity contribution in [1.29, 1.82) is 0 Å². The van der Waals surface area contributed by atoms with Crippen LogP contribution in [0.1, 0.15) is 52.4 Å². The maximum Gasteiger partial charge on any atom is 0.305 e. The number of carboxylic acids is 1. The number of nitrogens with zero attached hydrogens (tertiary/aromatic N) is 2. The highest BCUT2D eigenvalue weighted by atomic mass is 16.5. The summed E-state index contributed by atoms with van der Waals surface area (Å²) >= 11 is 0. The summed E-state index contributed by atoms with van der Waals surface area (Å²) in [5.41, 5.74) is 0. The molecule has 1 aliphatic rings. The van der Waals surface area contributed by atoms with Gasteiger partial charge in [0.25, 0.3) is 0 Å². The Morgan fingerprint density at radius 3 is 2.42 bits per heavy atom. The van der Waals surface area contributed by atoms with Crippen LogP contribution in [0.25, 0.3) is 0 Å². The molecule has 1 N–H and O–H groups in total. The number of carbonyl (C=O) groups is 3. The topological polar surface area (TPSA) is 87.2 Å². The van der Waals surface area contributed by atoms with Crippen molar-refractivity contribution in [2.24, 2.45) is 0 Å². The van der Waals surface area contributed by atoms with Crippen molar-refractivity contribution < 1.29 is 24.2 Å². The SMILES string of the molecule is CCCN(CCC)C(=O)CCCC(=O)N1CCOCC1CC(=O)O. The average molecular weight is 342 g/mol. The number of hydrogen-bond acceptors (Lipinski definition) is 4. The number of carbonyl (C=O) groups excluding carboxylic acids is 2. The Morgan fingerprint density at radius 1 is 1.17 bits per heavy atom. The molecular formula is C17H30N2O5. The Kier molecular flexibility index (Phi) is 9.37. The van der Waals surface area contributed by atoms with E-state index in [4.69, 9.17) is 9.84 Å². The third kappa shape index (κ3) is 6.86. The molecule has 1 heterocycles. The Labute approximate surface area is 143 Å². The van der Waals surface area contributed by atoms with E-state index in [-0.39, 0.29) is 31.3 Å². The van der Waals surface area contributed by atoms with E-state index in [1.54, 1.807) is 4.90 Å². The average Bonchev–Trinajstić information content (AvgIpc) is 2.54. The first kappa shape index (κ1) is 20.4. The number of ether oxygens (including phenoxy) is 1. The van der Waals surface area contributed by atoms with Gasteiger partial charge >= 0.3 is 5.97 Å². The van der Waals surface area contributed by atoms with Crippen LogP contribution in [0.5, 0.6) is 0 Å². The van der Waals surface area contributed by atoms with E-state index in [0.717, 1.165) is 25.9 Å². The van der Waals surface area contributed by atoms with Gasteiger partial charge in [0.1, 0.15) is 0 Å². The number of hydrogen-bond donors (Lipinski definition) is 1. The lowest BCUT2D eigenvalue weighted by molar-refractivity contribution is -0.146. The molecule has 0 aromatic carbocycles. The summed E-state index contributed by atoms with van der Waals surface area (Å²) in [6, 6.07) is -0.406. The van der Waals surface area contributed by atoms with E-state index in [2.05, 4.69) is 0 Å². The molecule has 0 bridgehead atoms. The van der Waals surface area contributed by atoms with E-state index in [1.807, 2.05) is 18.7 Å². The van der Waals surface area contributed by atoms with Crippen LogP contribution in [0.15, 0.2) is 0 Å². The second-order valence-corrected chi connectivity index (χ2v) is 6.15. The summed E-state index contributed by atoms with van der Waals surface area (Å²) in [5.74, 6) is -0.932. The normalized spacial score (nSPS) is 17.6. The summed E-state index contributed by atoms with van der Waals surface area (Å²) in [6.45, 7) is 6.71. The monoisotopic (exact) mass is 342 g/mol. The molecule has 1 rings (SSSR count). The maximum absolute atomic E-state index is 12.3. The molecule has 1 atom stereocenters. The van der Waals surface area contributed by atoms with Gasteiger partial charge in [-0.25, -0.2) is 0 Å². The van der Waals surface area contributed by atoms with Gasteiger partial charge in [0.15, 0.2) is 0 Å². The first-order valence-corrected chi connectivity index (χ1v) is 8.86. The minimum atomic E-state index is -0.937. The molecule has 0 aromatic rings. The number of rotatable bonds is 10. The van der Waals surface area contributed by atoms with Gasteiger partial charge in [-0.15, -0.1) is 0 Å². The largest absolute Gasteiger partial charge is 0.481 e. The maximum atomic E-state index is 12.3. The molecule has 7 nitrogen and oxygen atoms in total. The minimum absolute atomic E-state index is 0.0881. The van der Waals surface area contributed by atoms with Crippen LogP contribution < -0.4 is 0 Å². The predicted molar refractivity (Wildman–Crippen MR) is 89.6 cm³/mol. The van der Waals surface area contributed by atoms with Gasteiger partial charge in [-0.05, 0) is 19.3 Å². The Bertz CT molecular complexity index is 421. The first-order chi connectivity index (χ1) is 11.5. The van der Waals surface area contributed by atoms with Gasteiger partial charge in [0.2, 0.25) is 11.8 Å².